The van der Waals surface area contributed by atoms with Gasteiger partial charge in [0.1, 0.15) is 0 Å². The Hall–Kier alpha value is -3.92. The number of amidine groups is 1. The standard InChI is InChI=1S/C21H19N5O4S/c27-20(18-10-5-11-26-12-13-31(29,30)25-19(18)26)22-16-8-4-9-17(14-16)24-21(28)23-15-6-2-1-3-7-15/h1-11,14H,12-13H2,(H,22,27)(H2,23,24,28). The zero-order valence-electron chi connectivity index (χ0n) is 16.3. The number of hydrogen-bond acceptors (Lipinski definition) is 5. The molecule has 0 fully saturated rings. The van der Waals surface area contributed by atoms with E-state index in [1.807, 2.05) is 18.2 Å². The Balaban J connectivity index is 1.45. The van der Waals surface area contributed by atoms with E-state index in [4.69, 9.17) is 0 Å². The molecule has 0 atom stereocenters. The maximum atomic E-state index is 12.8. The van der Waals surface area contributed by atoms with Crippen LogP contribution in [0.1, 0.15) is 0 Å². The minimum atomic E-state index is -3.60. The Morgan fingerprint density at radius 3 is 2.35 bits per heavy atom. The van der Waals surface area contributed by atoms with E-state index in [0.717, 1.165) is 0 Å². The van der Waals surface area contributed by atoms with Crippen LogP contribution in [0.25, 0.3) is 0 Å². The molecule has 10 heteroatoms. The molecule has 0 spiro atoms. The van der Waals surface area contributed by atoms with E-state index in [1.54, 1.807) is 53.6 Å². The molecule has 2 aromatic rings. The molecule has 0 bridgehead atoms. The first-order valence-corrected chi connectivity index (χ1v) is 11.0. The highest BCUT2D eigenvalue weighted by Gasteiger charge is 2.30. The van der Waals surface area contributed by atoms with Crippen molar-refractivity contribution >= 4 is 44.9 Å². The monoisotopic (exact) mass is 437 g/mol. The third kappa shape index (κ3) is 4.98. The number of para-hydroxylation sites is 1. The molecule has 2 aromatic carbocycles. The van der Waals surface area contributed by atoms with Crippen molar-refractivity contribution in [3.63, 3.8) is 0 Å². The minimum Gasteiger partial charge on any atom is -0.331 e. The molecule has 3 N–H and O–H groups in total. The number of anilines is 3. The fourth-order valence-corrected chi connectivity index (χ4v) is 4.07. The van der Waals surface area contributed by atoms with Crippen LogP contribution in [0.4, 0.5) is 21.9 Å². The van der Waals surface area contributed by atoms with Crippen molar-refractivity contribution in [1.29, 1.82) is 0 Å². The second-order valence-corrected chi connectivity index (χ2v) is 8.55. The number of allylic oxidation sites excluding steroid dienone is 2. The molecular formula is C21H19N5O4S. The summed E-state index contributed by atoms with van der Waals surface area (Å²) in [6.07, 6.45) is 4.86. The number of carbonyl (C=O) groups excluding carboxylic acids is 2. The molecule has 2 aliphatic heterocycles. The average Bonchev–Trinajstić information content (AvgIpc) is 2.73. The zero-order valence-corrected chi connectivity index (χ0v) is 17.1. The molecule has 158 valence electrons. The second kappa shape index (κ2) is 8.44. The van der Waals surface area contributed by atoms with Crippen LogP contribution in [-0.2, 0) is 14.8 Å². The number of rotatable bonds is 4. The molecule has 2 heterocycles. The molecule has 0 saturated heterocycles. The van der Waals surface area contributed by atoms with Gasteiger partial charge < -0.3 is 20.9 Å². The van der Waals surface area contributed by atoms with Gasteiger partial charge in [0.05, 0.1) is 11.3 Å². The van der Waals surface area contributed by atoms with E-state index in [2.05, 4.69) is 20.3 Å². The quantitative estimate of drug-likeness (QED) is 0.679. The minimum absolute atomic E-state index is 0.0998. The largest absolute Gasteiger partial charge is 0.331 e. The normalized spacial score (nSPS) is 16.5. The maximum Gasteiger partial charge on any atom is 0.323 e. The lowest BCUT2D eigenvalue weighted by Crippen LogP contribution is -2.40. The molecular weight excluding hydrogens is 418 g/mol. The summed E-state index contributed by atoms with van der Waals surface area (Å²) in [5.74, 6) is -0.507. The van der Waals surface area contributed by atoms with Crippen LogP contribution in [0.15, 0.2) is 82.9 Å². The van der Waals surface area contributed by atoms with Crippen molar-refractivity contribution in [1.82, 2.24) is 4.90 Å². The SMILES string of the molecule is O=C(Nc1ccccc1)Nc1cccc(NC(=O)C2=CC=CN3CCS(=O)(=O)N=C23)c1. The number of amides is 3. The number of hydrogen-bond donors (Lipinski definition) is 3. The third-order valence-electron chi connectivity index (χ3n) is 4.51. The fraction of sp³-hybridized carbons (Fsp3) is 0.0952. The second-order valence-electron chi connectivity index (χ2n) is 6.80. The van der Waals surface area contributed by atoms with Crippen LogP contribution in [0.3, 0.4) is 0 Å². The lowest BCUT2D eigenvalue weighted by atomic mass is 10.1. The molecule has 3 amide bonds. The lowest BCUT2D eigenvalue weighted by Gasteiger charge is -2.28. The van der Waals surface area contributed by atoms with Crippen LogP contribution in [-0.4, -0.2) is 43.4 Å². The number of benzene rings is 2. The van der Waals surface area contributed by atoms with Gasteiger partial charge in [-0.15, -0.1) is 4.40 Å². The Kier molecular flexibility index (Phi) is 5.54. The van der Waals surface area contributed by atoms with Gasteiger partial charge in [0.2, 0.25) is 0 Å². The van der Waals surface area contributed by atoms with Crippen molar-refractivity contribution in [2.45, 2.75) is 0 Å². The van der Waals surface area contributed by atoms with E-state index in [0.29, 0.717) is 17.1 Å². The summed E-state index contributed by atoms with van der Waals surface area (Å²) >= 11 is 0. The number of sulfonamides is 1. The van der Waals surface area contributed by atoms with Gasteiger partial charge in [0.25, 0.3) is 15.9 Å². The van der Waals surface area contributed by atoms with Crippen LogP contribution in [0.5, 0.6) is 0 Å². The molecule has 0 radical (unpaired) electrons. The summed E-state index contributed by atoms with van der Waals surface area (Å²) < 4.78 is 27.5. The summed E-state index contributed by atoms with van der Waals surface area (Å²) in [5, 5.41) is 8.13. The molecule has 0 aromatic heterocycles. The topological polar surface area (TPSA) is 120 Å². The van der Waals surface area contributed by atoms with Crippen LogP contribution in [0.2, 0.25) is 0 Å². The summed E-state index contributed by atoms with van der Waals surface area (Å²) in [6.45, 7) is 0.234. The zero-order chi connectivity index (χ0) is 21.8. The Morgan fingerprint density at radius 2 is 1.58 bits per heavy atom. The van der Waals surface area contributed by atoms with Gasteiger partial charge in [-0.2, -0.15) is 0 Å². The summed E-state index contributed by atoms with van der Waals surface area (Å²) in [6, 6.07) is 15.2. The average molecular weight is 437 g/mol. The van der Waals surface area contributed by atoms with Crippen LogP contribution in [0, 0.1) is 0 Å². The first-order chi connectivity index (χ1) is 14.9. The number of fused-ring (bicyclic) bond motifs is 1. The van der Waals surface area contributed by atoms with Gasteiger partial charge >= 0.3 is 6.03 Å². The molecule has 0 unspecified atom stereocenters. The smallest absolute Gasteiger partial charge is 0.323 e. The summed E-state index contributed by atoms with van der Waals surface area (Å²) in [4.78, 5) is 26.6. The van der Waals surface area contributed by atoms with E-state index in [1.165, 1.54) is 6.08 Å². The first-order valence-electron chi connectivity index (χ1n) is 9.42. The maximum absolute atomic E-state index is 12.8. The van der Waals surface area contributed by atoms with Crippen molar-refractivity contribution in [2.24, 2.45) is 4.40 Å². The lowest BCUT2D eigenvalue weighted by molar-refractivity contribution is -0.112. The van der Waals surface area contributed by atoms with E-state index in [9.17, 15) is 18.0 Å². The van der Waals surface area contributed by atoms with Crippen molar-refractivity contribution < 1.29 is 18.0 Å². The van der Waals surface area contributed by atoms with Crippen molar-refractivity contribution in [2.75, 3.05) is 28.2 Å². The Morgan fingerprint density at radius 1 is 0.903 bits per heavy atom. The summed E-state index contributed by atoms with van der Waals surface area (Å²) in [7, 11) is -3.60. The van der Waals surface area contributed by atoms with Gasteiger partial charge in [-0.1, -0.05) is 24.3 Å². The molecule has 31 heavy (non-hydrogen) atoms. The molecule has 4 rings (SSSR count). The van der Waals surface area contributed by atoms with Crippen molar-refractivity contribution in [3.8, 4) is 0 Å². The predicted molar refractivity (Wildman–Crippen MR) is 119 cm³/mol. The molecule has 9 nitrogen and oxygen atoms in total. The number of nitrogens with one attached hydrogen (secondary N) is 3. The molecule has 2 aliphatic rings. The first kappa shape index (κ1) is 20.4. The highest BCUT2D eigenvalue weighted by molar-refractivity contribution is 7.90. The molecule has 0 saturated carbocycles. The highest BCUT2D eigenvalue weighted by Crippen LogP contribution is 2.21. The van der Waals surface area contributed by atoms with E-state index < -0.39 is 22.0 Å². The summed E-state index contributed by atoms with van der Waals surface area (Å²) in [5.41, 5.74) is 1.70. The third-order valence-corrected chi connectivity index (χ3v) is 5.66. The number of carbonyl (C=O) groups is 2. The Bertz CT molecular complexity index is 1220. The Labute approximate surface area is 179 Å². The van der Waals surface area contributed by atoms with Crippen molar-refractivity contribution in [3.05, 3.63) is 78.5 Å². The van der Waals surface area contributed by atoms with Gasteiger partial charge in [0.15, 0.2) is 5.84 Å². The fourth-order valence-electron chi connectivity index (χ4n) is 3.08. The van der Waals surface area contributed by atoms with Crippen LogP contribution >= 0.6 is 0 Å². The van der Waals surface area contributed by atoms with E-state index >= 15 is 0 Å². The van der Waals surface area contributed by atoms with Gasteiger partial charge in [0, 0.05) is 29.8 Å². The number of nitrogens with zero attached hydrogens (tertiary/aromatic N) is 2. The highest BCUT2D eigenvalue weighted by atomic mass is 32.2. The van der Waals surface area contributed by atoms with Crippen LogP contribution < -0.4 is 16.0 Å². The van der Waals surface area contributed by atoms with Gasteiger partial charge in [-0.05, 0) is 42.5 Å². The van der Waals surface area contributed by atoms with E-state index in [-0.39, 0.29) is 23.7 Å². The molecule has 0 aliphatic carbocycles. The predicted octanol–water partition coefficient (Wildman–Crippen LogP) is 2.77. The number of urea groups is 1. The van der Waals surface area contributed by atoms with Gasteiger partial charge in [-0.25, -0.2) is 13.2 Å². The van der Waals surface area contributed by atoms with Gasteiger partial charge in [-0.3, -0.25) is 4.79 Å².